The van der Waals surface area contributed by atoms with Gasteiger partial charge in [-0.25, -0.2) is 9.18 Å². The zero-order valence-corrected chi connectivity index (χ0v) is 13.8. The monoisotopic (exact) mass is 351 g/mol. The van der Waals surface area contributed by atoms with Crippen molar-refractivity contribution in [2.45, 2.75) is 13.0 Å². The Morgan fingerprint density at radius 1 is 1.21 bits per heavy atom. The molecular formula is C17H15ClFNO4. The van der Waals surface area contributed by atoms with Crippen LogP contribution in [0.2, 0.25) is 5.02 Å². The summed E-state index contributed by atoms with van der Waals surface area (Å²) in [4.78, 5) is 24.2. The molecule has 0 radical (unpaired) electrons. The summed E-state index contributed by atoms with van der Waals surface area (Å²) in [5.74, 6) is -1.74. The number of esters is 1. The van der Waals surface area contributed by atoms with Crippen LogP contribution in [0.15, 0.2) is 42.5 Å². The maximum absolute atomic E-state index is 13.5. The Balaban J connectivity index is 2.07. The van der Waals surface area contributed by atoms with Gasteiger partial charge in [-0.2, -0.15) is 0 Å². The van der Waals surface area contributed by atoms with Crippen LogP contribution in [-0.4, -0.2) is 25.1 Å². The van der Waals surface area contributed by atoms with E-state index in [0.29, 0.717) is 5.02 Å². The lowest BCUT2D eigenvalue weighted by Gasteiger charge is -2.15. The van der Waals surface area contributed by atoms with Gasteiger partial charge in [0, 0.05) is 5.02 Å². The molecule has 7 heteroatoms. The first-order valence-corrected chi connectivity index (χ1v) is 7.40. The minimum absolute atomic E-state index is 0.00531. The molecule has 0 fully saturated rings. The number of ether oxygens (including phenoxy) is 2. The van der Waals surface area contributed by atoms with E-state index in [0.717, 1.165) is 0 Å². The van der Waals surface area contributed by atoms with Gasteiger partial charge in [0.15, 0.2) is 6.10 Å². The third kappa shape index (κ3) is 4.23. The van der Waals surface area contributed by atoms with Gasteiger partial charge in [-0.1, -0.05) is 23.7 Å². The van der Waals surface area contributed by atoms with E-state index >= 15 is 0 Å². The first kappa shape index (κ1) is 17.7. The first-order chi connectivity index (χ1) is 11.4. The Labute approximate surface area is 143 Å². The molecule has 0 aliphatic heterocycles. The maximum Gasteiger partial charge on any atom is 0.342 e. The van der Waals surface area contributed by atoms with Crippen LogP contribution in [0, 0.1) is 5.82 Å². The molecule has 0 saturated carbocycles. The molecule has 0 unspecified atom stereocenters. The molecule has 0 saturated heterocycles. The summed E-state index contributed by atoms with van der Waals surface area (Å²) in [6.45, 7) is 1.38. The average molecular weight is 352 g/mol. The Hall–Kier alpha value is -2.60. The highest BCUT2D eigenvalue weighted by molar-refractivity contribution is 6.31. The largest absolute Gasteiger partial charge is 0.496 e. The van der Waals surface area contributed by atoms with E-state index < -0.39 is 23.8 Å². The number of hydrogen-bond acceptors (Lipinski definition) is 4. The van der Waals surface area contributed by atoms with Crippen molar-refractivity contribution >= 4 is 29.2 Å². The number of hydrogen-bond donors (Lipinski definition) is 1. The van der Waals surface area contributed by atoms with E-state index in [1.54, 1.807) is 12.1 Å². The Bertz CT molecular complexity index is 766. The second-order valence-corrected chi connectivity index (χ2v) is 5.30. The Morgan fingerprint density at radius 2 is 1.92 bits per heavy atom. The molecule has 1 N–H and O–H groups in total. The molecule has 1 atom stereocenters. The van der Waals surface area contributed by atoms with Crippen molar-refractivity contribution in [2.24, 2.45) is 0 Å². The van der Waals surface area contributed by atoms with Gasteiger partial charge in [0.2, 0.25) is 0 Å². The lowest BCUT2D eigenvalue weighted by molar-refractivity contribution is -0.123. The van der Waals surface area contributed by atoms with E-state index in [-0.39, 0.29) is 17.0 Å². The van der Waals surface area contributed by atoms with Crippen LogP contribution in [0.25, 0.3) is 0 Å². The summed E-state index contributed by atoms with van der Waals surface area (Å²) in [5, 5.41) is 2.68. The summed E-state index contributed by atoms with van der Waals surface area (Å²) in [6.07, 6.45) is -1.14. The molecule has 0 aliphatic rings. The number of amides is 1. The quantitative estimate of drug-likeness (QED) is 0.835. The van der Waals surface area contributed by atoms with Gasteiger partial charge in [0.1, 0.15) is 17.1 Å². The molecule has 5 nitrogen and oxygen atoms in total. The predicted molar refractivity (Wildman–Crippen MR) is 87.9 cm³/mol. The summed E-state index contributed by atoms with van der Waals surface area (Å²) in [6, 6.07) is 10.1. The molecule has 2 aromatic rings. The van der Waals surface area contributed by atoms with E-state index in [4.69, 9.17) is 21.1 Å². The van der Waals surface area contributed by atoms with Crippen molar-refractivity contribution in [3.05, 3.63) is 58.9 Å². The van der Waals surface area contributed by atoms with Crippen molar-refractivity contribution in [1.82, 2.24) is 0 Å². The fourth-order valence-electron chi connectivity index (χ4n) is 1.91. The van der Waals surface area contributed by atoms with Gasteiger partial charge in [-0.15, -0.1) is 0 Å². The van der Waals surface area contributed by atoms with E-state index in [9.17, 15) is 14.0 Å². The zero-order valence-electron chi connectivity index (χ0n) is 13.0. The molecular weight excluding hydrogens is 337 g/mol. The molecule has 2 rings (SSSR count). The van der Waals surface area contributed by atoms with Crippen LogP contribution in [0.1, 0.15) is 17.3 Å². The smallest absolute Gasteiger partial charge is 0.342 e. The topological polar surface area (TPSA) is 64.6 Å². The fraction of sp³-hybridized carbons (Fsp3) is 0.176. The van der Waals surface area contributed by atoms with Crippen LogP contribution in [-0.2, 0) is 9.53 Å². The molecule has 126 valence electrons. The molecule has 0 aliphatic carbocycles. The van der Waals surface area contributed by atoms with Crippen molar-refractivity contribution < 1.29 is 23.5 Å². The number of carbonyl (C=O) groups excluding carboxylic acids is 2. The normalized spacial score (nSPS) is 11.5. The summed E-state index contributed by atoms with van der Waals surface area (Å²) in [7, 11) is 1.40. The second-order valence-electron chi connectivity index (χ2n) is 4.86. The van der Waals surface area contributed by atoms with Crippen LogP contribution in [0.3, 0.4) is 0 Å². The number of halogens is 2. The van der Waals surface area contributed by atoms with Crippen LogP contribution >= 0.6 is 11.6 Å². The van der Waals surface area contributed by atoms with Gasteiger partial charge < -0.3 is 14.8 Å². The number of para-hydroxylation sites is 1. The number of benzene rings is 2. The minimum atomic E-state index is -1.14. The number of carbonyl (C=O) groups is 2. The second kappa shape index (κ2) is 7.79. The third-order valence-electron chi connectivity index (χ3n) is 3.17. The van der Waals surface area contributed by atoms with Crippen LogP contribution in [0.4, 0.5) is 10.1 Å². The maximum atomic E-state index is 13.5. The summed E-state index contributed by atoms with van der Waals surface area (Å²) >= 11 is 5.86. The van der Waals surface area contributed by atoms with Gasteiger partial charge in [-0.05, 0) is 37.3 Å². The van der Waals surface area contributed by atoms with Gasteiger partial charge in [-0.3, -0.25) is 4.79 Å². The molecule has 0 spiro atoms. The third-order valence-corrected chi connectivity index (χ3v) is 3.40. The predicted octanol–water partition coefficient (Wildman–Crippen LogP) is 3.67. The molecule has 0 aromatic heterocycles. The Kier molecular flexibility index (Phi) is 5.76. The van der Waals surface area contributed by atoms with Crippen LogP contribution < -0.4 is 10.1 Å². The highest BCUT2D eigenvalue weighted by atomic mass is 35.5. The van der Waals surface area contributed by atoms with Crippen molar-refractivity contribution in [2.75, 3.05) is 12.4 Å². The lowest BCUT2D eigenvalue weighted by atomic mass is 10.2. The number of anilines is 1. The van der Waals surface area contributed by atoms with E-state index in [1.165, 1.54) is 44.4 Å². The number of nitrogens with one attached hydrogen (secondary N) is 1. The number of rotatable bonds is 5. The first-order valence-electron chi connectivity index (χ1n) is 7.02. The van der Waals surface area contributed by atoms with E-state index in [1.807, 2.05) is 0 Å². The van der Waals surface area contributed by atoms with Crippen molar-refractivity contribution in [3.63, 3.8) is 0 Å². The molecule has 0 heterocycles. The zero-order chi connectivity index (χ0) is 17.7. The standard InChI is InChI=1S/C17H15ClFNO4/c1-10(16(21)20-14-6-4-3-5-13(14)19)24-17(22)12-9-11(18)7-8-15(12)23-2/h3-10H,1-2H3,(H,20,21)/t10-/m1/s1. The molecule has 1 amide bonds. The van der Waals surface area contributed by atoms with Crippen LogP contribution in [0.5, 0.6) is 5.75 Å². The SMILES string of the molecule is COc1ccc(Cl)cc1C(=O)O[C@H](C)C(=O)Nc1ccccc1F. The summed E-state index contributed by atoms with van der Waals surface area (Å²) in [5.41, 5.74) is 0.0984. The van der Waals surface area contributed by atoms with Crippen molar-refractivity contribution in [1.29, 1.82) is 0 Å². The Morgan fingerprint density at radius 3 is 2.58 bits per heavy atom. The van der Waals surface area contributed by atoms with Gasteiger partial charge in [0.05, 0.1) is 12.8 Å². The lowest BCUT2D eigenvalue weighted by Crippen LogP contribution is -2.30. The van der Waals surface area contributed by atoms with Gasteiger partial charge in [0.25, 0.3) is 5.91 Å². The number of methoxy groups -OCH3 is 1. The molecule has 2 aromatic carbocycles. The minimum Gasteiger partial charge on any atom is -0.496 e. The fourth-order valence-corrected chi connectivity index (χ4v) is 2.09. The molecule has 24 heavy (non-hydrogen) atoms. The average Bonchev–Trinajstić information content (AvgIpc) is 2.56. The molecule has 0 bridgehead atoms. The highest BCUT2D eigenvalue weighted by Gasteiger charge is 2.22. The van der Waals surface area contributed by atoms with E-state index in [2.05, 4.69) is 5.32 Å². The highest BCUT2D eigenvalue weighted by Crippen LogP contribution is 2.24. The van der Waals surface area contributed by atoms with Crippen molar-refractivity contribution in [3.8, 4) is 5.75 Å². The van der Waals surface area contributed by atoms with Gasteiger partial charge >= 0.3 is 5.97 Å². The summed E-state index contributed by atoms with van der Waals surface area (Å²) < 4.78 is 23.7.